The second-order valence-electron chi connectivity index (χ2n) is 14.0. The van der Waals surface area contributed by atoms with Crippen molar-refractivity contribution in [2.45, 2.75) is 90.4 Å². The molecular weight excluding hydrogens is 652 g/mol. The number of rotatable bonds is 17. The van der Waals surface area contributed by atoms with Gasteiger partial charge in [-0.05, 0) is 89.8 Å². The summed E-state index contributed by atoms with van der Waals surface area (Å²) in [6.07, 6.45) is 3.14. The summed E-state index contributed by atoms with van der Waals surface area (Å²) in [4.78, 5) is 45.4. The molecule has 4 aromatic rings. The van der Waals surface area contributed by atoms with Crippen LogP contribution in [0.15, 0.2) is 54.6 Å². The first-order valence-corrected chi connectivity index (χ1v) is 17.5. The summed E-state index contributed by atoms with van der Waals surface area (Å²) < 4.78 is 8.21. The predicted molar refractivity (Wildman–Crippen MR) is 197 cm³/mol. The molecule has 2 aromatic carbocycles. The van der Waals surface area contributed by atoms with Crippen LogP contribution in [0.1, 0.15) is 71.3 Å². The molecule has 0 radical (unpaired) electrons. The Hall–Kier alpha value is -5.04. The number of amides is 2. The topological polar surface area (TPSA) is 158 Å². The molecule has 0 fully saturated rings. The van der Waals surface area contributed by atoms with Gasteiger partial charge in [0.15, 0.2) is 0 Å². The number of aromatic hydroxyl groups is 2. The number of aryl methyl sites for hydroxylation is 1. The summed E-state index contributed by atoms with van der Waals surface area (Å²) in [5.74, 6) is -2.05. The van der Waals surface area contributed by atoms with Gasteiger partial charge in [-0.3, -0.25) is 4.79 Å². The molecule has 0 saturated heterocycles. The molecule has 13 nitrogen and oxygen atoms in total. The lowest BCUT2D eigenvalue weighted by atomic mass is 10.1. The Labute approximate surface area is 299 Å². The first-order valence-electron chi connectivity index (χ1n) is 17.5. The van der Waals surface area contributed by atoms with Crippen molar-refractivity contribution in [1.29, 1.82) is 0 Å². The number of nitrogens with one attached hydrogen (secondary N) is 3. The van der Waals surface area contributed by atoms with Gasteiger partial charge in [-0.15, -0.1) is 4.73 Å². The number of nitrogens with zero attached hydrogens (tertiary/aromatic N) is 3. The van der Waals surface area contributed by atoms with Crippen molar-refractivity contribution in [1.82, 2.24) is 20.7 Å². The number of anilines is 1. The highest BCUT2D eigenvalue weighted by molar-refractivity contribution is 5.90. The molecule has 276 valence electrons. The van der Waals surface area contributed by atoms with Crippen LogP contribution in [0.4, 0.5) is 10.5 Å². The fourth-order valence-corrected chi connectivity index (χ4v) is 5.84. The number of ether oxygens (including phenoxy) is 1. The van der Waals surface area contributed by atoms with Crippen LogP contribution in [0, 0.1) is 0 Å². The number of unbranched alkanes of at least 4 members (excludes halogenated alkanes) is 3. The van der Waals surface area contributed by atoms with Crippen molar-refractivity contribution in [2.24, 2.45) is 0 Å². The van der Waals surface area contributed by atoms with Crippen molar-refractivity contribution < 1.29 is 38.7 Å². The minimum absolute atomic E-state index is 0.210. The van der Waals surface area contributed by atoms with Gasteiger partial charge in [0, 0.05) is 80.8 Å². The summed E-state index contributed by atoms with van der Waals surface area (Å²) >= 11 is 0. The van der Waals surface area contributed by atoms with E-state index < -0.39 is 35.5 Å². The minimum atomic E-state index is -1.03. The van der Waals surface area contributed by atoms with Crippen LogP contribution in [0.25, 0.3) is 21.8 Å². The zero-order valence-electron chi connectivity index (χ0n) is 30.6. The van der Waals surface area contributed by atoms with E-state index in [0.717, 1.165) is 48.0 Å². The Morgan fingerprint density at radius 1 is 0.882 bits per heavy atom. The zero-order valence-corrected chi connectivity index (χ0v) is 30.6. The number of fused-ring (bicyclic) bond motifs is 2. The number of carbonyl (C=O) groups excluding carboxylic acids is 3. The molecule has 2 aromatic heterocycles. The monoisotopic (exact) mass is 705 g/mol. The van der Waals surface area contributed by atoms with Gasteiger partial charge in [0.05, 0.1) is 0 Å². The SMILES string of the molecule is CNCc1ccc2cc3ccc(N(C)C)cc3[n+](CCCCCC(=O)NC(CCCCNC(=O)OC(C)(C)C)C(=O)On3c(O)ccc3O)c2c1. The maximum atomic E-state index is 13.1. The number of hydrogen-bond donors (Lipinski definition) is 5. The van der Waals surface area contributed by atoms with Gasteiger partial charge in [-0.25, -0.2) is 9.59 Å². The minimum Gasteiger partial charge on any atom is -0.492 e. The summed E-state index contributed by atoms with van der Waals surface area (Å²) in [5.41, 5.74) is 4.01. The van der Waals surface area contributed by atoms with Gasteiger partial charge >= 0.3 is 12.1 Å². The Balaban J connectivity index is 1.36. The third-order valence-electron chi connectivity index (χ3n) is 8.37. The van der Waals surface area contributed by atoms with Crippen LogP contribution in [-0.2, 0) is 27.4 Å². The number of alkyl carbamates (subject to hydrolysis) is 1. The largest absolute Gasteiger partial charge is 0.492 e. The molecule has 0 aliphatic heterocycles. The fourth-order valence-electron chi connectivity index (χ4n) is 5.84. The predicted octanol–water partition coefficient (Wildman–Crippen LogP) is 4.67. The molecule has 1 unspecified atom stereocenters. The molecular formula is C38H53N6O7+. The molecule has 13 heteroatoms. The summed E-state index contributed by atoms with van der Waals surface area (Å²) in [7, 11) is 6.00. The number of hydrogen-bond acceptors (Lipinski definition) is 9. The van der Waals surface area contributed by atoms with Gasteiger partial charge in [-0.2, -0.15) is 4.57 Å². The van der Waals surface area contributed by atoms with Gasteiger partial charge < -0.3 is 40.6 Å². The van der Waals surface area contributed by atoms with Crippen LogP contribution in [0.3, 0.4) is 0 Å². The first-order chi connectivity index (χ1) is 24.3. The maximum absolute atomic E-state index is 13.1. The molecule has 1 atom stereocenters. The average Bonchev–Trinajstić information content (AvgIpc) is 3.38. The highest BCUT2D eigenvalue weighted by Crippen LogP contribution is 2.24. The third-order valence-corrected chi connectivity index (χ3v) is 8.37. The van der Waals surface area contributed by atoms with Gasteiger partial charge in [-0.1, -0.05) is 6.07 Å². The molecule has 51 heavy (non-hydrogen) atoms. The maximum Gasteiger partial charge on any atom is 0.407 e. The van der Waals surface area contributed by atoms with Crippen LogP contribution in [-0.4, -0.2) is 72.2 Å². The molecule has 0 aliphatic carbocycles. The van der Waals surface area contributed by atoms with E-state index in [9.17, 15) is 24.6 Å². The standard InChI is InChI=1S/C38H52N6O7/c1-38(2,3)50-37(49)40-20-10-9-12-30(36(48)51-44-34(46)18-19-35(44)47)41-33(45)13-8-7-11-21-43-31-22-26(25-39-4)14-15-27(31)23-28-16-17-29(42(5)6)24-32(28)43/h14-19,22-24,30,39H,7-13,20-21,25H2,1-6H3,(H3-,40,41,45,46,47,49)/p+1. The van der Waals surface area contributed by atoms with Gasteiger partial charge in [0.25, 0.3) is 0 Å². The van der Waals surface area contributed by atoms with E-state index in [1.54, 1.807) is 20.8 Å². The van der Waals surface area contributed by atoms with Crippen molar-refractivity contribution in [3.05, 3.63) is 60.2 Å². The summed E-state index contributed by atoms with van der Waals surface area (Å²) in [5, 5.41) is 30.9. The van der Waals surface area contributed by atoms with Crippen molar-refractivity contribution in [2.75, 3.05) is 32.6 Å². The Morgan fingerprint density at radius 3 is 2.24 bits per heavy atom. The molecule has 0 spiro atoms. The molecule has 2 amide bonds. The van der Waals surface area contributed by atoms with Crippen molar-refractivity contribution in [3.8, 4) is 11.8 Å². The van der Waals surface area contributed by atoms with E-state index in [0.29, 0.717) is 30.5 Å². The Morgan fingerprint density at radius 2 is 1.57 bits per heavy atom. The normalized spacial score (nSPS) is 12.1. The second-order valence-corrected chi connectivity index (χ2v) is 14.0. The quantitative estimate of drug-likeness (QED) is 0.0598. The van der Waals surface area contributed by atoms with Crippen LogP contribution >= 0.6 is 0 Å². The van der Waals surface area contributed by atoms with Gasteiger partial charge in [0.1, 0.15) is 18.2 Å². The molecule has 0 aliphatic rings. The van der Waals surface area contributed by atoms with Crippen molar-refractivity contribution in [3.63, 3.8) is 0 Å². The second kappa shape index (κ2) is 17.8. The highest BCUT2D eigenvalue weighted by Gasteiger charge is 2.25. The number of aromatic nitrogens is 2. The van der Waals surface area contributed by atoms with Gasteiger partial charge in [0.2, 0.25) is 28.7 Å². The molecule has 0 bridgehead atoms. The van der Waals surface area contributed by atoms with E-state index in [-0.39, 0.29) is 18.7 Å². The summed E-state index contributed by atoms with van der Waals surface area (Å²) in [6.45, 7) is 7.19. The van der Waals surface area contributed by atoms with Crippen LogP contribution < -0.4 is 30.3 Å². The van der Waals surface area contributed by atoms with E-state index in [1.807, 2.05) is 21.1 Å². The van der Waals surface area contributed by atoms with E-state index in [1.165, 1.54) is 23.1 Å². The molecule has 5 N–H and O–H groups in total. The lowest BCUT2D eigenvalue weighted by molar-refractivity contribution is -0.645. The first kappa shape index (κ1) is 38.8. The van der Waals surface area contributed by atoms with E-state index in [4.69, 9.17) is 9.57 Å². The zero-order chi connectivity index (χ0) is 37.1. The highest BCUT2D eigenvalue weighted by atomic mass is 16.7. The lowest BCUT2D eigenvalue weighted by Gasteiger charge is -2.20. The van der Waals surface area contributed by atoms with Crippen LogP contribution in [0.2, 0.25) is 0 Å². The van der Waals surface area contributed by atoms with E-state index in [2.05, 4.69) is 67.9 Å². The summed E-state index contributed by atoms with van der Waals surface area (Å²) in [6, 6.07) is 16.6. The van der Waals surface area contributed by atoms with Crippen LogP contribution in [0.5, 0.6) is 11.8 Å². The van der Waals surface area contributed by atoms with E-state index >= 15 is 0 Å². The lowest BCUT2D eigenvalue weighted by Crippen LogP contribution is -2.44. The molecule has 0 saturated carbocycles. The number of carbonyl (C=O) groups is 3. The Kier molecular flexibility index (Phi) is 13.5. The number of pyridine rings is 1. The molecule has 4 rings (SSSR count). The number of benzene rings is 2. The van der Waals surface area contributed by atoms with Crippen molar-refractivity contribution >= 4 is 45.5 Å². The average molecular weight is 706 g/mol. The third kappa shape index (κ3) is 11.2. The Bertz CT molecular complexity index is 1790. The fraction of sp³-hybridized carbons (Fsp3) is 0.474. The smallest absolute Gasteiger partial charge is 0.407 e. The molecule has 2 heterocycles.